The second-order valence-electron chi connectivity index (χ2n) is 10.3. The molecule has 5 rings (SSSR count). The van der Waals surface area contributed by atoms with Gasteiger partial charge in [-0.2, -0.15) is 4.31 Å². The van der Waals surface area contributed by atoms with Crippen LogP contribution in [0.4, 0.5) is 17.3 Å². The van der Waals surface area contributed by atoms with Gasteiger partial charge in [0.25, 0.3) is 0 Å². The number of hydrogen-bond acceptors (Lipinski definition) is 10. The minimum absolute atomic E-state index is 0.0899. The third kappa shape index (κ3) is 5.05. The smallest absolute Gasteiger partial charge is 0.246 e. The Bertz CT molecular complexity index is 1560. The molecule has 0 aliphatic carbocycles. The van der Waals surface area contributed by atoms with Crippen LogP contribution in [0, 0.1) is 12.3 Å². The minimum Gasteiger partial charge on any atom is -0.504 e. The Hall–Kier alpha value is -3.09. The second kappa shape index (κ2) is 9.66. The Balaban J connectivity index is 1.55. The molecule has 0 spiro atoms. The fraction of sp³-hybridized carbons (Fsp3) is 0.440. The number of benzene rings is 1. The molecule has 37 heavy (non-hydrogen) atoms. The van der Waals surface area contributed by atoms with E-state index in [1.165, 1.54) is 15.2 Å². The molecule has 1 fully saturated rings. The molecule has 3 N–H and O–H groups in total. The fourth-order valence-electron chi connectivity index (χ4n) is 4.47. The van der Waals surface area contributed by atoms with Crippen molar-refractivity contribution in [2.75, 3.05) is 30.4 Å². The molecule has 2 aromatic heterocycles. The Kier molecular flexibility index (Phi) is 6.67. The predicted molar refractivity (Wildman–Crippen MR) is 143 cm³/mol. The van der Waals surface area contributed by atoms with Gasteiger partial charge in [0.05, 0.1) is 11.7 Å². The number of nitrogens with zero attached hydrogens (tertiary/aromatic N) is 5. The minimum atomic E-state index is -3.82. The van der Waals surface area contributed by atoms with Crippen LogP contribution in [0.15, 0.2) is 45.2 Å². The fourth-order valence-corrected chi connectivity index (χ4v) is 7.27. The predicted octanol–water partition coefficient (Wildman–Crippen LogP) is 3.49. The van der Waals surface area contributed by atoms with Crippen LogP contribution in [0.5, 0.6) is 5.75 Å². The number of phenolic OH excluding ortho intramolecular Hbond substituents is 1. The molecule has 12 heteroatoms. The van der Waals surface area contributed by atoms with Crippen LogP contribution in [0.2, 0.25) is 0 Å². The van der Waals surface area contributed by atoms with Gasteiger partial charge in [-0.3, -0.25) is 0 Å². The highest BCUT2D eigenvalue weighted by atomic mass is 32.2. The summed E-state index contributed by atoms with van der Waals surface area (Å²) in [7, 11) is -3.82. The Labute approximate surface area is 220 Å². The van der Waals surface area contributed by atoms with E-state index in [0.29, 0.717) is 35.7 Å². The summed E-state index contributed by atoms with van der Waals surface area (Å²) in [4.78, 5) is 20.2. The third-order valence-electron chi connectivity index (χ3n) is 6.43. The molecule has 0 amide bonds. The number of para-hydroxylation sites is 1. The van der Waals surface area contributed by atoms with Crippen molar-refractivity contribution in [3.8, 4) is 5.75 Å². The van der Waals surface area contributed by atoms with Crippen molar-refractivity contribution in [1.29, 1.82) is 0 Å². The number of aromatic hydroxyl groups is 1. The van der Waals surface area contributed by atoms with E-state index in [2.05, 4.69) is 65.4 Å². The van der Waals surface area contributed by atoms with Gasteiger partial charge in [-0.1, -0.05) is 26.8 Å². The average Bonchev–Trinajstić information content (AvgIpc) is 3.60. The lowest BCUT2D eigenvalue weighted by molar-refractivity contribution is 0.350. The molecule has 2 aliphatic rings. The zero-order valence-corrected chi connectivity index (χ0v) is 22.9. The summed E-state index contributed by atoms with van der Waals surface area (Å²) in [6, 6.07) is 8.74. The number of nitrogens with one attached hydrogen (secondary N) is 2. The maximum absolute atomic E-state index is 13.2. The first-order chi connectivity index (χ1) is 17.5. The van der Waals surface area contributed by atoms with Gasteiger partial charge in [0.15, 0.2) is 28.4 Å². The molecular formula is C25H31N7O3S2. The largest absolute Gasteiger partial charge is 0.504 e. The normalized spacial score (nSPS) is 16.6. The van der Waals surface area contributed by atoms with E-state index >= 15 is 0 Å². The topological polar surface area (TPSA) is 132 Å². The van der Waals surface area contributed by atoms with E-state index in [0.717, 1.165) is 17.7 Å². The molecule has 1 atom stereocenters. The first-order valence-corrected chi connectivity index (χ1v) is 14.5. The maximum atomic E-state index is 13.2. The molecule has 4 heterocycles. The van der Waals surface area contributed by atoms with Gasteiger partial charge in [0, 0.05) is 22.8 Å². The lowest BCUT2D eigenvalue weighted by Gasteiger charge is -2.31. The van der Waals surface area contributed by atoms with Crippen LogP contribution >= 0.6 is 11.3 Å². The highest BCUT2D eigenvalue weighted by Crippen LogP contribution is 2.40. The number of aryl methyl sites for hydroxylation is 1. The van der Waals surface area contributed by atoms with Crippen molar-refractivity contribution in [2.24, 2.45) is 15.4 Å². The van der Waals surface area contributed by atoms with Crippen LogP contribution in [0.3, 0.4) is 0 Å². The summed E-state index contributed by atoms with van der Waals surface area (Å²) in [6.07, 6.45) is 1.62. The first kappa shape index (κ1) is 25.6. The van der Waals surface area contributed by atoms with E-state index in [9.17, 15) is 13.5 Å². The number of aromatic nitrogens is 2. The zero-order chi connectivity index (χ0) is 26.4. The molecule has 196 valence electrons. The number of hydrogen-bond donors (Lipinski definition) is 3. The highest BCUT2D eigenvalue weighted by molar-refractivity contribution is 7.89. The number of phenols is 1. The molecule has 2 aliphatic heterocycles. The quantitative estimate of drug-likeness (QED) is 0.390. The van der Waals surface area contributed by atoms with Gasteiger partial charge in [0.2, 0.25) is 10.0 Å². The van der Waals surface area contributed by atoms with Crippen LogP contribution in [0.1, 0.15) is 49.4 Å². The molecule has 3 aromatic rings. The van der Waals surface area contributed by atoms with E-state index in [4.69, 9.17) is 4.98 Å². The molecule has 1 saturated heterocycles. The van der Waals surface area contributed by atoms with E-state index < -0.39 is 10.0 Å². The van der Waals surface area contributed by atoms with Crippen molar-refractivity contribution < 1.29 is 13.5 Å². The number of rotatable bonds is 7. The monoisotopic (exact) mass is 541 g/mol. The number of fused-ring (bicyclic) bond motifs is 1. The molecule has 0 saturated carbocycles. The van der Waals surface area contributed by atoms with Gasteiger partial charge in [0.1, 0.15) is 11.6 Å². The van der Waals surface area contributed by atoms with Crippen molar-refractivity contribution in [2.45, 2.75) is 51.5 Å². The summed E-state index contributed by atoms with van der Waals surface area (Å²) in [5.41, 5.74) is 0.889. The van der Waals surface area contributed by atoms with Crippen molar-refractivity contribution >= 4 is 38.7 Å². The van der Waals surface area contributed by atoms with Gasteiger partial charge in [-0.15, -0.1) is 11.3 Å². The van der Waals surface area contributed by atoms with Crippen LogP contribution in [-0.4, -0.2) is 47.6 Å². The second-order valence-corrected chi connectivity index (χ2v) is 13.5. The van der Waals surface area contributed by atoms with Gasteiger partial charge in [-0.25, -0.2) is 28.4 Å². The average molecular weight is 542 g/mol. The Morgan fingerprint density at radius 3 is 2.32 bits per heavy atom. The van der Waals surface area contributed by atoms with E-state index in [1.807, 2.05) is 0 Å². The summed E-state index contributed by atoms with van der Waals surface area (Å²) in [5, 5.41) is 17.7. The number of sulfonamides is 1. The Morgan fingerprint density at radius 2 is 1.70 bits per heavy atom. The lowest BCUT2D eigenvalue weighted by Crippen LogP contribution is -2.33. The van der Waals surface area contributed by atoms with Crippen molar-refractivity contribution in [1.82, 2.24) is 14.3 Å². The molecule has 10 nitrogen and oxygen atoms in total. The Morgan fingerprint density at radius 1 is 1.03 bits per heavy atom. The molecule has 0 radical (unpaired) electrons. The van der Waals surface area contributed by atoms with Gasteiger partial charge >= 0.3 is 0 Å². The van der Waals surface area contributed by atoms with Crippen molar-refractivity contribution in [3.63, 3.8) is 0 Å². The van der Waals surface area contributed by atoms with Crippen LogP contribution in [-0.2, 0) is 10.0 Å². The van der Waals surface area contributed by atoms with E-state index in [1.54, 1.807) is 23.5 Å². The van der Waals surface area contributed by atoms with Crippen LogP contribution in [0.25, 0.3) is 0 Å². The summed E-state index contributed by atoms with van der Waals surface area (Å²) in [5.74, 6) is 0.413. The number of anilines is 3. The SMILES string of the molecule is Cc1ccc([C@H](Nc2nc3c(nc2Nc2cccc(S(=O)(=O)N4CCCC4)c2O)=NCN=3)C(C)(C)C)s1. The first-order valence-electron chi connectivity index (χ1n) is 12.2. The zero-order valence-electron chi connectivity index (χ0n) is 21.3. The molecular weight excluding hydrogens is 510 g/mol. The summed E-state index contributed by atoms with van der Waals surface area (Å²) < 4.78 is 27.7. The lowest BCUT2D eigenvalue weighted by atomic mass is 9.86. The molecule has 0 unspecified atom stereocenters. The third-order valence-corrected chi connectivity index (χ3v) is 9.42. The molecule has 1 aromatic carbocycles. The molecule has 0 bridgehead atoms. The number of thiophene rings is 1. The van der Waals surface area contributed by atoms with E-state index in [-0.39, 0.29) is 34.5 Å². The standard InChI is InChI=1S/C25H31N7O3S2/c1-15-10-11-17(36-15)20(25(2,3)4)29-24-23(30-21-22(31-24)27-14-26-21)28-16-8-7-9-18(19(16)33)37(34,35)32-12-5-6-13-32/h7-11,20,33H,5-6,12-14H2,1-4H3,(H,26,28,30)(H,27,29,31)/t20-/m0/s1. The summed E-state index contributed by atoms with van der Waals surface area (Å²) >= 11 is 1.71. The summed E-state index contributed by atoms with van der Waals surface area (Å²) in [6.45, 7) is 9.65. The van der Waals surface area contributed by atoms with Crippen LogP contribution < -0.4 is 21.6 Å². The van der Waals surface area contributed by atoms with Gasteiger partial charge in [-0.05, 0) is 49.4 Å². The van der Waals surface area contributed by atoms with Crippen molar-refractivity contribution in [3.05, 3.63) is 51.1 Å². The highest BCUT2D eigenvalue weighted by Gasteiger charge is 2.32. The van der Waals surface area contributed by atoms with Gasteiger partial charge < -0.3 is 15.7 Å². The maximum Gasteiger partial charge on any atom is 0.246 e.